The summed E-state index contributed by atoms with van der Waals surface area (Å²) < 4.78 is 0. The molecular weight excluding hydrogens is 492 g/mol. The van der Waals surface area contributed by atoms with E-state index >= 15 is 0 Å². The van der Waals surface area contributed by atoms with Crippen molar-refractivity contribution in [2.24, 2.45) is 0 Å². The molecule has 206 valence electrons. The molecule has 0 unspecified atom stereocenters. The lowest BCUT2D eigenvalue weighted by Gasteiger charge is -2.16. The zero-order valence-electron chi connectivity index (χ0n) is 24.0. The first-order valence-corrected chi connectivity index (χ1v) is 13.7. The lowest BCUT2D eigenvalue weighted by molar-refractivity contribution is 0.281. The Morgan fingerprint density at radius 3 is 1.18 bits per heavy atom. The molecule has 0 aliphatic carbocycles. The molecule has 2 N–H and O–H groups in total. The third-order valence-corrected chi connectivity index (χ3v) is 7.15. The normalized spacial score (nSPS) is 10.7. The highest BCUT2D eigenvalue weighted by molar-refractivity contribution is 5.82. The van der Waals surface area contributed by atoms with Gasteiger partial charge < -0.3 is 20.0 Å². The molecule has 0 aliphatic heterocycles. The molecule has 0 aromatic heterocycles. The lowest BCUT2D eigenvalue weighted by Crippen LogP contribution is -2.08. The highest BCUT2D eigenvalue weighted by Gasteiger charge is 2.08. The number of allylic oxidation sites excluding steroid dienone is 3. The van der Waals surface area contributed by atoms with Gasteiger partial charge in [0.2, 0.25) is 0 Å². The van der Waals surface area contributed by atoms with Crippen molar-refractivity contribution in [2.45, 2.75) is 26.1 Å². The molecule has 0 heterocycles. The largest absolute Gasteiger partial charge is 0.392 e. The molecule has 40 heavy (non-hydrogen) atoms. The van der Waals surface area contributed by atoms with Crippen molar-refractivity contribution in [3.05, 3.63) is 148 Å². The van der Waals surface area contributed by atoms with Gasteiger partial charge in [0, 0.05) is 39.6 Å². The Labute approximate surface area is 239 Å². The van der Waals surface area contributed by atoms with Crippen LogP contribution in [0.1, 0.15) is 33.4 Å². The fraction of sp³-hybridized carbons (Fsp3) is 0.222. The van der Waals surface area contributed by atoms with E-state index in [0.29, 0.717) is 0 Å². The Hall–Kier alpha value is -4.12. The highest BCUT2D eigenvalue weighted by Crippen LogP contribution is 2.28. The molecular formula is C36H40N2O2. The molecule has 0 saturated heterocycles. The van der Waals surface area contributed by atoms with Gasteiger partial charge in [-0.3, -0.25) is 0 Å². The maximum Gasteiger partial charge on any atom is 0.0681 e. The summed E-state index contributed by atoms with van der Waals surface area (Å²) in [5.74, 6) is 0. The minimum atomic E-state index is 0.0471. The summed E-state index contributed by atoms with van der Waals surface area (Å²) in [7, 11) is 8.23. The van der Waals surface area contributed by atoms with E-state index in [1.165, 1.54) is 44.8 Å². The number of nitrogens with zero attached hydrogens (tertiary/aromatic N) is 2. The van der Waals surface area contributed by atoms with E-state index in [2.05, 4.69) is 123 Å². The summed E-state index contributed by atoms with van der Waals surface area (Å²) in [6.45, 7) is 0.0943. The van der Waals surface area contributed by atoms with Crippen LogP contribution in [0, 0.1) is 0 Å². The standard InChI is InChI=1S/C36H40N2O2/c1-37(2)34-18-14-32(15-19-34)36(33-16-20-35(21-17-33)38(3)4)22-13-31(23-27-5-9-29(25-39)10-6-27)24-28-7-11-30(26-40)12-8-28/h5-22,39-40H,23-26H2,1-4H3. The van der Waals surface area contributed by atoms with Crippen molar-refractivity contribution in [2.75, 3.05) is 38.0 Å². The van der Waals surface area contributed by atoms with Crippen molar-refractivity contribution in [3.63, 3.8) is 0 Å². The SMILES string of the molecule is CN(C)c1ccc(C(=CC=C(Cc2ccc(CO)cc2)Cc2ccc(CO)cc2)c2ccc(N(C)C)cc2)cc1. The average Bonchev–Trinajstić information content (AvgIpc) is 2.98. The summed E-state index contributed by atoms with van der Waals surface area (Å²) >= 11 is 0. The number of anilines is 2. The summed E-state index contributed by atoms with van der Waals surface area (Å²) in [4.78, 5) is 4.22. The van der Waals surface area contributed by atoms with Gasteiger partial charge in [0.15, 0.2) is 0 Å². The van der Waals surface area contributed by atoms with Crippen molar-refractivity contribution in [1.82, 2.24) is 0 Å². The van der Waals surface area contributed by atoms with Gasteiger partial charge in [0.25, 0.3) is 0 Å². The van der Waals surface area contributed by atoms with Crippen molar-refractivity contribution in [3.8, 4) is 0 Å². The Morgan fingerprint density at radius 1 is 0.500 bits per heavy atom. The summed E-state index contributed by atoms with van der Waals surface area (Å²) in [5.41, 5.74) is 11.3. The van der Waals surface area contributed by atoms with E-state index in [9.17, 15) is 10.2 Å². The Balaban J connectivity index is 1.75. The van der Waals surface area contributed by atoms with Gasteiger partial charge in [-0.1, -0.05) is 90.5 Å². The van der Waals surface area contributed by atoms with Gasteiger partial charge >= 0.3 is 0 Å². The predicted molar refractivity (Wildman–Crippen MR) is 169 cm³/mol. The van der Waals surface area contributed by atoms with E-state index < -0.39 is 0 Å². The van der Waals surface area contributed by atoms with E-state index in [1.807, 2.05) is 24.3 Å². The van der Waals surface area contributed by atoms with Crippen LogP contribution in [0.4, 0.5) is 11.4 Å². The van der Waals surface area contributed by atoms with Gasteiger partial charge in [-0.15, -0.1) is 0 Å². The Morgan fingerprint density at radius 2 is 0.850 bits per heavy atom. The minimum Gasteiger partial charge on any atom is -0.392 e. The molecule has 0 spiro atoms. The second-order valence-electron chi connectivity index (χ2n) is 10.6. The van der Waals surface area contributed by atoms with Gasteiger partial charge in [-0.2, -0.15) is 0 Å². The lowest BCUT2D eigenvalue weighted by atomic mass is 9.93. The number of benzene rings is 4. The zero-order valence-corrected chi connectivity index (χ0v) is 24.0. The van der Waals surface area contributed by atoms with Crippen molar-refractivity contribution >= 4 is 16.9 Å². The second kappa shape index (κ2) is 13.8. The van der Waals surface area contributed by atoms with Crippen LogP contribution in [0.15, 0.2) is 115 Å². The summed E-state index contributed by atoms with van der Waals surface area (Å²) in [6, 6.07) is 33.7. The van der Waals surface area contributed by atoms with Crippen LogP contribution < -0.4 is 9.80 Å². The molecule has 4 rings (SSSR count). The fourth-order valence-electron chi connectivity index (χ4n) is 4.67. The van der Waals surface area contributed by atoms with Crippen molar-refractivity contribution in [1.29, 1.82) is 0 Å². The number of hydrogen-bond acceptors (Lipinski definition) is 4. The van der Waals surface area contributed by atoms with Gasteiger partial charge in [0.1, 0.15) is 0 Å². The fourth-order valence-corrected chi connectivity index (χ4v) is 4.67. The van der Waals surface area contributed by atoms with E-state index in [0.717, 1.165) is 24.0 Å². The summed E-state index contributed by atoms with van der Waals surface area (Å²) in [6.07, 6.45) is 6.11. The van der Waals surface area contributed by atoms with E-state index in [4.69, 9.17) is 0 Å². The molecule has 0 fully saturated rings. The molecule has 4 nitrogen and oxygen atoms in total. The molecule has 4 aromatic rings. The quantitative estimate of drug-likeness (QED) is 0.213. The van der Waals surface area contributed by atoms with Crippen LogP contribution in [-0.2, 0) is 26.1 Å². The smallest absolute Gasteiger partial charge is 0.0681 e. The van der Waals surface area contributed by atoms with E-state index in [1.54, 1.807) is 0 Å². The topological polar surface area (TPSA) is 46.9 Å². The van der Waals surface area contributed by atoms with Crippen LogP contribution in [0.2, 0.25) is 0 Å². The van der Waals surface area contributed by atoms with Gasteiger partial charge in [-0.05, 0) is 76.1 Å². The first kappa shape index (κ1) is 28.9. The van der Waals surface area contributed by atoms with Crippen LogP contribution in [-0.4, -0.2) is 38.4 Å². The minimum absolute atomic E-state index is 0.0471. The average molecular weight is 533 g/mol. The number of aliphatic hydroxyl groups is 2. The Bertz CT molecular complexity index is 1310. The maximum atomic E-state index is 9.46. The summed E-state index contributed by atoms with van der Waals surface area (Å²) in [5, 5.41) is 18.9. The third kappa shape index (κ3) is 7.72. The Kier molecular flexibility index (Phi) is 9.96. The van der Waals surface area contributed by atoms with E-state index in [-0.39, 0.29) is 13.2 Å². The highest BCUT2D eigenvalue weighted by atomic mass is 16.3. The van der Waals surface area contributed by atoms with Crippen LogP contribution in [0.3, 0.4) is 0 Å². The first-order valence-electron chi connectivity index (χ1n) is 13.7. The first-order chi connectivity index (χ1) is 19.4. The molecule has 0 radical (unpaired) electrons. The molecule has 0 bridgehead atoms. The van der Waals surface area contributed by atoms with Crippen LogP contribution in [0.5, 0.6) is 0 Å². The molecule has 0 saturated carbocycles. The molecule has 0 atom stereocenters. The molecule has 4 heteroatoms. The maximum absolute atomic E-state index is 9.46. The van der Waals surface area contributed by atoms with Crippen molar-refractivity contribution < 1.29 is 10.2 Å². The predicted octanol–water partition coefficient (Wildman–Crippen LogP) is 6.65. The molecule has 0 amide bonds. The second-order valence-corrected chi connectivity index (χ2v) is 10.6. The van der Waals surface area contributed by atoms with Gasteiger partial charge in [-0.25, -0.2) is 0 Å². The molecule has 0 aliphatic rings. The number of aliphatic hydroxyl groups excluding tert-OH is 2. The molecule has 4 aromatic carbocycles. The third-order valence-electron chi connectivity index (χ3n) is 7.15. The van der Waals surface area contributed by atoms with Gasteiger partial charge in [0.05, 0.1) is 13.2 Å². The van der Waals surface area contributed by atoms with Crippen LogP contribution in [0.25, 0.3) is 5.57 Å². The number of rotatable bonds is 11. The van der Waals surface area contributed by atoms with Crippen LogP contribution >= 0.6 is 0 Å². The zero-order chi connectivity index (χ0) is 28.5. The monoisotopic (exact) mass is 532 g/mol. The number of hydrogen-bond donors (Lipinski definition) is 2.